The Morgan fingerprint density at radius 2 is 1.39 bits per heavy atom. The molecule has 168 valence electrons. The molecule has 0 unspecified atom stereocenters. The number of aromatic nitrogens is 1. The molecule has 0 aliphatic rings. The van der Waals surface area contributed by atoms with Gasteiger partial charge in [-0.3, -0.25) is 4.79 Å². The van der Waals surface area contributed by atoms with Gasteiger partial charge in [-0.2, -0.15) is 0 Å². The van der Waals surface area contributed by atoms with Crippen LogP contribution >= 0.6 is 0 Å². The lowest BCUT2D eigenvalue weighted by Crippen LogP contribution is -2.10. The lowest BCUT2D eigenvalue weighted by Gasteiger charge is -2.18. The predicted octanol–water partition coefficient (Wildman–Crippen LogP) is 7.05. The third-order valence-corrected chi connectivity index (χ3v) is 6.25. The zero-order valence-corrected chi connectivity index (χ0v) is 19.8. The monoisotopic (exact) mass is 441 g/mol. The number of nitrogens with zero attached hydrogens (tertiary/aromatic N) is 1. The maximum Gasteiger partial charge on any atom is 0.310 e. The number of esters is 1. The highest BCUT2D eigenvalue weighted by atomic mass is 19.1. The van der Waals surface area contributed by atoms with Crippen LogP contribution in [-0.2, 0) is 16.0 Å². The van der Waals surface area contributed by atoms with Crippen LogP contribution in [-0.4, -0.2) is 17.6 Å². The third kappa shape index (κ3) is 4.51. The molecule has 0 atom stereocenters. The van der Waals surface area contributed by atoms with Crippen molar-refractivity contribution in [2.24, 2.45) is 0 Å². The number of aryl methyl sites for hydroxylation is 4. The molecule has 0 fully saturated rings. The summed E-state index contributed by atoms with van der Waals surface area (Å²) in [5.41, 5.74) is 8.76. The van der Waals surface area contributed by atoms with Gasteiger partial charge in [0.05, 0.1) is 24.4 Å². The Balaban J connectivity index is 2.09. The largest absolute Gasteiger partial charge is 0.466 e. The minimum absolute atomic E-state index is 0.131. The van der Waals surface area contributed by atoms with E-state index in [0.717, 1.165) is 55.5 Å². The van der Waals surface area contributed by atoms with Gasteiger partial charge in [-0.25, -0.2) is 9.37 Å². The average molecular weight is 442 g/mol. The van der Waals surface area contributed by atoms with E-state index < -0.39 is 0 Å². The summed E-state index contributed by atoms with van der Waals surface area (Å²) < 4.78 is 19.0. The lowest BCUT2D eigenvalue weighted by atomic mass is 9.91. The molecule has 3 aromatic carbocycles. The van der Waals surface area contributed by atoms with E-state index in [1.165, 1.54) is 17.7 Å². The first kappa shape index (κ1) is 22.7. The van der Waals surface area contributed by atoms with E-state index in [1.54, 1.807) is 12.1 Å². The van der Waals surface area contributed by atoms with Crippen LogP contribution in [0.2, 0.25) is 0 Å². The number of ether oxygens (including phenoxy) is 1. The molecule has 0 aliphatic carbocycles. The molecular formula is C29H28FNO2. The van der Waals surface area contributed by atoms with E-state index in [1.807, 2.05) is 13.0 Å². The highest BCUT2D eigenvalue weighted by Crippen LogP contribution is 2.37. The Labute approximate surface area is 194 Å². The van der Waals surface area contributed by atoms with Crippen molar-refractivity contribution in [3.8, 4) is 22.5 Å². The second-order valence-electron chi connectivity index (χ2n) is 8.56. The van der Waals surface area contributed by atoms with Gasteiger partial charge in [-0.15, -0.1) is 0 Å². The number of benzene rings is 3. The number of carbonyl (C=O) groups excluding carboxylic acids is 1. The highest BCUT2D eigenvalue weighted by molar-refractivity contribution is 6.02. The van der Waals surface area contributed by atoms with E-state index >= 15 is 0 Å². The first-order valence-electron chi connectivity index (χ1n) is 11.2. The summed E-state index contributed by atoms with van der Waals surface area (Å²) in [4.78, 5) is 17.7. The van der Waals surface area contributed by atoms with Gasteiger partial charge < -0.3 is 4.74 Å². The molecule has 0 amide bonds. The van der Waals surface area contributed by atoms with Gasteiger partial charge >= 0.3 is 5.97 Å². The minimum atomic E-state index is -0.289. The van der Waals surface area contributed by atoms with E-state index in [9.17, 15) is 9.18 Å². The van der Waals surface area contributed by atoms with Crippen molar-refractivity contribution >= 4 is 16.7 Å². The Kier molecular flexibility index (Phi) is 6.28. The zero-order valence-electron chi connectivity index (χ0n) is 19.8. The molecule has 0 saturated carbocycles. The van der Waals surface area contributed by atoms with Gasteiger partial charge in [0.15, 0.2) is 0 Å². The quantitative estimate of drug-likeness (QED) is 0.312. The molecule has 4 heteroatoms. The molecule has 33 heavy (non-hydrogen) atoms. The van der Waals surface area contributed by atoms with Crippen LogP contribution in [0.4, 0.5) is 4.39 Å². The Morgan fingerprint density at radius 3 is 2.03 bits per heavy atom. The molecule has 4 aromatic rings. The molecule has 1 heterocycles. The second-order valence-corrected chi connectivity index (χ2v) is 8.56. The maximum absolute atomic E-state index is 13.7. The number of halogens is 1. The maximum atomic E-state index is 13.7. The third-order valence-electron chi connectivity index (χ3n) is 6.25. The Morgan fingerprint density at radius 1 is 0.788 bits per heavy atom. The van der Waals surface area contributed by atoms with Crippen molar-refractivity contribution in [3.63, 3.8) is 0 Å². The highest BCUT2D eigenvalue weighted by Gasteiger charge is 2.20. The average Bonchev–Trinajstić information content (AvgIpc) is 2.78. The SMILES string of the molecule is CCOC(=O)Cc1c(-c2ccc(C)c(C)c2)nc(-c2ccc(F)cc2)c2cc(C)c(C)cc12. The van der Waals surface area contributed by atoms with Crippen LogP contribution in [0.5, 0.6) is 0 Å². The smallest absolute Gasteiger partial charge is 0.310 e. The standard InChI is InChI=1S/C29H28FNO2/c1-6-33-27(32)16-26-24-14-19(4)20(5)15-25(24)28(21-9-11-23(30)12-10-21)31-29(26)22-8-7-17(2)18(3)13-22/h7-15H,6,16H2,1-5H3. The molecule has 0 aliphatic heterocycles. The fourth-order valence-corrected chi connectivity index (χ4v) is 4.12. The van der Waals surface area contributed by atoms with Gasteiger partial charge in [0.1, 0.15) is 5.82 Å². The second kappa shape index (κ2) is 9.14. The van der Waals surface area contributed by atoms with E-state index in [2.05, 4.69) is 52.0 Å². The summed E-state index contributed by atoms with van der Waals surface area (Å²) in [5.74, 6) is -0.568. The van der Waals surface area contributed by atoms with E-state index in [-0.39, 0.29) is 18.2 Å². The summed E-state index contributed by atoms with van der Waals surface area (Å²) in [5, 5.41) is 1.91. The Hall–Kier alpha value is -3.53. The van der Waals surface area contributed by atoms with Crippen molar-refractivity contribution < 1.29 is 13.9 Å². The van der Waals surface area contributed by atoms with Gasteiger partial charge in [0.25, 0.3) is 0 Å². The van der Waals surface area contributed by atoms with Crippen LogP contribution in [0.25, 0.3) is 33.3 Å². The number of rotatable bonds is 5. The molecule has 0 saturated heterocycles. The van der Waals surface area contributed by atoms with Crippen LogP contribution in [0.1, 0.15) is 34.7 Å². The van der Waals surface area contributed by atoms with Gasteiger partial charge in [0, 0.05) is 16.5 Å². The molecule has 0 spiro atoms. The van der Waals surface area contributed by atoms with E-state index in [4.69, 9.17) is 9.72 Å². The summed E-state index contributed by atoms with van der Waals surface area (Å²) in [6.07, 6.45) is 0.131. The van der Waals surface area contributed by atoms with Crippen molar-refractivity contribution in [1.29, 1.82) is 0 Å². The Bertz CT molecular complexity index is 1360. The number of hydrogen-bond acceptors (Lipinski definition) is 3. The van der Waals surface area contributed by atoms with Crippen molar-refractivity contribution in [1.82, 2.24) is 4.98 Å². The van der Waals surface area contributed by atoms with Crippen LogP contribution in [0.15, 0.2) is 54.6 Å². The van der Waals surface area contributed by atoms with Crippen LogP contribution in [0.3, 0.4) is 0 Å². The number of fused-ring (bicyclic) bond motifs is 1. The zero-order chi connectivity index (χ0) is 23.7. The molecule has 0 radical (unpaired) electrons. The summed E-state index contributed by atoms with van der Waals surface area (Å²) in [6.45, 7) is 10.4. The van der Waals surface area contributed by atoms with Crippen LogP contribution < -0.4 is 0 Å². The molecule has 1 aromatic heterocycles. The number of carbonyl (C=O) groups is 1. The number of pyridine rings is 1. The van der Waals surface area contributed by atoms with Crippen molar-refractivity contribution in [2.45, 2.75) is 41.0 Å². The normalized spacial score (nSPS) is 11.1. The van der Waals surface area contributed by atoms with Crippen molar-refractivity contribution in [3.05, 3.63) is 88.2 Å². The topological polar surface area (TPSA) is 39.2 Å². The summed E-state index contributed by atoms with van der Waals surface area (Å²) in [7, 11) is 0. The summed E-state index contributed by atoms with van der Waals surface area (Å²) in [6, 6.07) is 16.9. The molecule has 0 bridgehead atoms. The predicted molar refractivity (Wildman–Crippen MR) is 132 cm³/mol. The summed E-state index contributed by atoms with van der Waals surface area (Å²) >= 11 is 0. The van der Waals surface area contributed by atoms with Gasteiger partial charge in [0.2, 0.25) is 0 Å². The fraction of sp³-hybridized carbons (Fsp3) is 0.241. The van der Waals surface area contributed by atoms with Gasteiger partial charge in [-0.05, 0) is 104 Å². The molecule has 3 nitrogen and oxygen atoms in total. The minimum Gasteiger partial charge on any atom is -0.466 e. The van der Waals surface area contributed by atoms with E-state index in [0.29, 0.717) is 6.61 Å². The lowest BCUT2D eigenvalue weighted by molar-refractivity contribution is -0.142. The first-order valence-corrected chi connectivity index (χ1v) is 11.2. The molecule has 0 N–H and O–H groups in total. The fourth-order valence-electron chi connectivity index (χ4n) is 4.12. The number of hydrogen-bond donors (Lipinski definition) is 0. The van der Waals surface area contributed by atoms with Gasteiger partial charge in [-0.1, -0.05) is 18.2 Å². The van der Waals surface area contributed by atoms with Crippen LogP contribution in [0, 0.1) is 33.5 Å². The van der Waals surface area contributed by atoms with Crippen molar-refractivity contribution in [2.75, 3.05) is 6.61 Å². The first-order chi connectivity index (χ1) is 15.8. The molecular weight excluding hydrogens is 413 g/mol. The molecule has 4 rings (SSSR count).